The number of hydrogen-bond acceptors (Lipinski definition) is 2. The Morgan fingerprint density at radius 2 is 1.94 bits per heavy atom. The van der Waals surface area contributed by atoms with E-state index in [1.54, 1.807) is 0 Å². The summed E-state index contributed by atoms with van der Waals surface area (Å²) in [6.45, 7) is 6.88. The Morgan fingerprint density at radius 1 is 1.33 bits per heavy atom. The largest absolute Gasteiger partial charge is 0.492 e. The topological polar surface area (TPSA) is 38.3 Å². The smallest absolute Gasteiger partial charge is 0.220 e. The molecule has 1 aromatic carbocycles. The summed E-state index contributed by atoms with van der Waals surface area (Å²) in [7, 11) is 0. The van der Waals surface area contributed by atoms with Gasteiger partial charge >= 0.3 is 0 Å². The highest BCUT2D eigenvalue weighted by atomic mass is 35.5. The van der Waals surface area contributed by atoms with E-state index in [9.17, 15) is 4.79 Å². The summed E-state index contributed by atoms with van der Waals surface area (Å²) in [5.74, 6) is 0.865. The van der Waals surface area contributed by atoms with E-state index in [4.69, 9.17) is 16.3 Å². The second-order valence-corrected chi connectivity index (χ2v) is 4.70. The molecule has 0 aliphatic carbocycles. The fourth-order valence-corrected chi connectivity index (χ4v) is 1.77. The van der Waals surface area contributed by atoms with Crippen molar-refractivity contribution in [2.24, 2.45) is 0 Å². The van der Waals surface area contributed by atoms with Gasteiger partial charge in [-0.3, -0.25) is 4.79 Å². The van der Waals surface area contributed by atoms with Crippen molar-refractivity contribution in [3.8, 4) is 5.75 Å². The minimum atomic E-state index is 0.0737. The summed E-state index contributed by atoms with van der Waals surface area (Å²) in [6, 6.07) is 3.81. The molecule has 1 amide bonds. The van der Waals surface area contributed by atoms with Gasteiger partial charge in [0.25, 0.3) is 0 Å². The van der Waals surface area contributed by atoms with Gasteiger partial charge in [-0.25, -0.2) is 0 Å². The van der Waals surface area contributed by atoms with Crippen LogP contribution in [0.3, 0.4) is 0 Å². The number of amides is 1. The van der Waals surface area contributed by atoms with Crippen LogP contribution in [0.15, 0.2) is 12.1 Å². The van der Waals surface area contributed by atoms with Gasteiger partial charge in [-0.15, -0.1) is 0 Å². The molecule has 0 aliphatic rings. The average Bonchev–Trinajstić information content (AvgIpc) is 2.32. The molecule has 0 unspecified atom stereocenters. The number of aryl methyl sites for hydroxylation is 2. The maximum atomic E-state index is 11.2. The first-order chi connectivity index (χ1) is 8.54. The molecule has 0 bridgehead atoms. The Kier molecular flexibility index (Phi) is 5.99. The molecule has 0 heterocycles. The van der Waals surface area contributed by atoms with E-state index in [0.29, 0.717) is 19.6 Å². The molecule has 0 atom stereocenters. The number of carbonyl (C=O) groups excluding carboxylic acids is 1. The molecule has 1 N–H and O–H groups in total. The lowest BCUT2D eigenvalue weighted by Crippen LogP contribution is -2.27. The van der Waals surface area contributed by atoms with Crippen LogP contribution in [0.25, 0.3) is 0 Å². The fraction of sp³-hybridized carbons (Fsp3) is 0.500. The minimum absolute atomic E-state index is 0.0737. The molecule has 100 valence electrons. The molecule has 3 nitrogen and oxygen atoms in total. The Bertz CT molecular complexity index is 395. The van der Waals surface area contributed by atoms with Crippen LogP contribution in [0.2, 0.25) is 5.02 Å². The SMILES string of the molecule is CCCC(=O)NCCOc1cc(C)c(Cl)c(C)c1. The third-order valence-corrected chi connectivity index (χ3v) is 3.18. The summed E-state index contributed by atoms with van der Waals surface area (Å²) in [6.07, 6.45) is 1.43. The van der Waals surface area contributed by atoms with Crippen molar-refractivity contribution in [2.75, 3.05) is 13.2 Å². The monoisotopic (exact) mass is 269 g/mol. The first-order valence-electron chi connectivity index (χ1n) is 6.20. The normalized spacial score (nSPS) is 10.2. The van der Waals surface area contributed by atoms with E-state index in [1.807, 2.05) is 32.9 Å². The van der Waals surface area contributed by atoms with Gasteiger partial charge in [0.15, 0.2) is 0 Å². The number of benzene rings is 1. The van der Waals surface area contributed by atoms with Crippen molar-refractivity contribution in [1.82, 2.24) is 5.32 Å². The van der Waals surface area contributed by atoms with Gasteiger partial charge in [0.1, 0.15) is 12.4 Å². The standard InChI is InChI=1S/C14H20ClNO2/c1-4-5-13(17)16-6-7-18-12-8-10(2)14(15)11(3)9-12/h8-9H,4-7H2,1-3H3,(H,16,17). The molecule has 0 aliphatic heterocycles. The predicted octanol–water partition coefficient (Wildman–Crippen LogP) is 3.25. The van der Waals surface area contributed by atoms with Crippen LogP contribution in [0.4, 0.5) is 0 Å². The highest BCUT2D eigenvalue weighted by Gasteiger charge is 2.04. The summed E-state index contributed by atoms with van der Waals surface area (Å²) >= 11 is 6.07. The van der Waals surface area contributed by atoms with Crippen molar-refractivity contribution in [2.45, 2.75) is 33.6 Å². The van der Waals surface area contributed by atoms with Crippen LogP contribution in [0.1, 0.15) is 30.9 Å². The zero-order valence-corrected chi connectivity index (χ0v) is 11.9. The molecule has 0 saturated carbocycles. The van der Waals surface area contributed by atoms with Crippen LogP contribution >= 0.6 is 11.6 Å². The number of hydrogen-bond donors (Lipinski definition) is 1. The van der Waals surface area contributed by atoms with Gasteiger partial charge in [-0.05, 0) is 43.5 Å². The highest BCUT2D eigenvalue weighted by molar-refractivity contribution is 6.32. The molecular formula is C14H20ClNO2. The van der Waals surface area contributed by atoms with E-state index in [1.165, 1.54) is 0 Å². The lowest BCUT2D eigenvalue weighted by Gasteiger charge is -2.10. The quantitative estimate of drug-likeness (QED) is 0.805. The zero-order chi connectivity index (χ0) is 13.5. The molecular weight excluding hydrogens is 250 g/mol. The van der Waals surface area contributed by atoms with Crippen molar-refractivity contribution >= 4 is 17.5 Å². The Hall–Kier alpha value is -1.22. The molecule has 1 aromatic rings. The number of nitrogens with one attached hydrogen (secondary N) is 1. The second-order valence-electron chi connectivity index (χ2n) is 4.32. The molecule has 0 radical (unpaired) electrons. The predicted molar refractivity (Wildman–Crippen MR) is 74.3 cm³/mol. The third-order valence-electron chi connectivity index (χ3n) is 2.58. The maximum absolute atomic E-state index is 11.2. The van der Waals surface area contributed by atoms with Gasteiger partial charge in [0, 0.05) is 11.4 Å². The molecule has 0 saturated heterocycles. The van der Waals surface area contributed by atoms with Gasteiger partial charge in [-0.1, -0.05) is 18.5 Å². The first-order valence-corrected chi connectivity index (χ1v) is 6.58. The Balaban J connectivity index is 2.38. The number of rotatable bonds is 6. The molecule has 0 fully saturated rings. The summed E-state index contributed by atoms with van der Waals surface area (Å²) in [5.41, 5.74) is 2.00. The first kappa shape index (κ1) is 14.8. The Morgan fingerprint density at radius 3 is 2.50 bits per heavy atom. The summed E-state index contributed by atoms with van der Waals surface area (Å²) in [4.78, 5) is 11.2. The number of halogens is 1. The van der Waals surface area contributed by atoms with Crippen LogP contribution < -0.4 is 10.1 Å². The minimum Gasteiger partial charge on any atom is -0.492 e. The molecule has 0 aromatic heterocycles. The molecule has 0 spiro atoms. The van der Waals surface area contributed by atoms with Crippen LogP contribution in [0, 0.1) is 13.8 Å². The average molecular weight is 270 g/mol. The van der Waals surface area contributed by atoms with E-state index in [2.05, 4.69) is 5.32 Å². The molecule has 1 rings (SSSR count). The van der Waals surface area contributed by atoms with Crippen molar-refractivity contribution in [1.29, 1.82) is 0 Å². The van der Waals surface area contributed by atoms with Gasteiger partial charge < -0.3 is 10.1 Å². The van der Waals surface area contributed by atoms with Crippen molar-refractivity contribution < 1.29 is 9.53 Å². The Labute approximate surface area is 113 Å². The third kappa shape index (κ3) is 4.57. The number of ether oxygens (including phenoxy) is 1. The van der Waals surface area contributed by atoms with Gasteiger partial charge in [0.05, 0.1) is 6.54 Å². The van der Waals surface area contributed by atoms with Gasteiger partial charge in [-0.2, -0.15) is 0 Å². The zero-order valence-electron chi connectivity index (χ0n) is 11.2. The summed E-state index contributed by atoms with van der Waals surface area (Å²) < 4.78 is 5.58. The number of carbonyl (C=O) groups is 1. The van der Waals surface area contributed by atoms with Crippen LogP contribution in [-0.2, 0) is 4.79 Å². The van der Waals surface area contributed by atoms with Crippen LogP contribution in [-0.4, -0.2) is 19.1 Å². The van der Waals surface area contributed by atoms with E-state index < -0.39 is 0 Å². The van der Waals surface area contributed by atoms with Crippen molar-refractivity contribution in [3.63, 3.8) is 0 Å². The second kappa shape index (κ2) is 7.27. The summed E-state index contributed by atoms with van der Waals surface area (Å²) in [5, 5.41) is 3.58. The van der Waals surface area contributed by atoms with Crippen LogP contribution in [0.5, 0.6) is 5.75 Å². The molecule has 18 heavy (non-hydrogen) atoms. The van der Waals surface area contributed by atoms with E-state index in [0.717, 1.165) is 28.3 Å². The van der Waals surface area contributed by atoms with E-state index in [-0.39, 0.29) is 5.91 Å². The fourth-order valence-electron chi connectivity index (χ4n) is 1.66. The van der Waals surface area contributed by atoms with E-state index >= 15 is 0 Å². The lowest BCUT2D eigenvalue weighted by molar-refractivity contribution is -0.121. The highest BCUT2D eigenvalue weighted by Crippen LogP contribution is 2.25. The maximum Gasteiger partial charge on any atom is 0.220 e. The van der Waals surface area contributed by atoms with Crippen molar-refractivity contribution in [3.05, 3.63) is 28.3 Å². The lowest BCUT2D eigenvalue weighted by atomic mass is 10.1. The molecule has 4 heteroatoms. The van der Waals surface area contributed by atoms with Gasteiger partial charge in [0.2, 0.25) is 5.91 Å².